The van der Waals surface area contributed by atoms with Crippen molar-refractivity contribution in [2.24, 2.45) is 0 Å². The van der Waals surface area contributed by atoms with Gasteiger partial charge in [0.25, 0.3) is 5.09 Å². The largest absolute Gasteiger partial charge is 0.491 e. The van der Waals surface area contributed by atoms with Crippen LogP contribution in [0.4, 0.5) is 0 Å². The molecular weight excluding hydrogens is 332 g/mol. The molecule has 0 bridgehead atoms. The molecule has 6 nitrogen and oxygen atoms in total. The Bertz CT molecular complexity index is 59.4. The minimum atomic E-state index is -1.50. The minimum Gasteiger partial charge on any atom is -0.328 e. The summed E-state index contributed by atoms with van der Waals surface area (Å²) in [6.45, 7) is 0. The predicted molar refractivity (Wildman–Crippen MR) is 25.8 cm³/mol. The van der Waals surface area contributed by atoms with Gasteiger partial charge in [0, 0.05) is 27.3 Å². The molecule has 0 saturated carbocycles. The molecule has 4 radical (unpaired) electrons. The van der Waals surface area contributed by atoms with Crippen LogP contribution in [0.25, 0.3) is 0 Å². The van der Waals surface area contributed by atoms with Crippen molar-refractivity contribution in [2.45, 2.75) is 0 Å². The van der Waals surface area contributed by atoms with Crippen LogP contribution in [0.1, 0.15) is 0 Å². The van der Waals surface area contributed by atoms with Crippen molar-refractivity contribution < 1.29 is 19.8 Å². The molecule has 0 aliphatic rings. The fourth-order valence-corrected chi connectivity index (χ4v) is 0. The van der Waals surface area contributed by atoms with Gasteiger partial charge < -0.3 is 5.21 Å². The van der Waals surface area contributed by atoms with Crippen LogP contribution in [0, 0.1) is 10.1 Å². The summed E-state index contributed by atoms with van der Waals surface area (Å²) in [5.41, 5.74) is 0. The number of hydrogen-bond donors (Lipinski definition) is 2. The Morgan fingerprint density at radius 2 is 1.62 bits per heavy atom. The maximum Gasteiger partial charge on any atom is 0.491 e. The maximum atomic E-state index is 8.51. The molecule has 0 rings (SSSR count). The molecule has 8 heteroatoms. The van der Waals surface area contributed by atoms with Crippen LogP contribution in [0.3, 0.4) is 0 Å². The first-order chi connectivity index (χ1) is 3.15. The molecule has 8 heavy (non-hydrogen) atoms. The Morgan fingerprint density at radius 3 is 1.62 bits per heavy atom. The van der Waals surface area contributed by atoms with Gasteiger partial charge in [-0.1, -0.05) is 0 Å². The van der Waals surface area contributed by atoms with E-state index in [-0.39, 0.29) is 27.3 Å². The van der Waals surface area contributed by atoms with Gasteiger partial charge in [-0.25, -0.2) is 0 Å². The Balaban J connectivity index is -0.0000000575. The molecule has 46 valence electrons. The average molecular weight is 335 g/mol. The summed E-state index contributed by atoms with van der Waals surface area (Å²) >= 11 is 0. The predicted octanol–water partition coefficient (Wildman–Crippen LogP) is -0.811. The first kappa shape index (κ1) is 15.7. The quantitative estimate of drug-likeness (QED) is 0.261. The summed E-state index contributed by atoms with van der Waals surface area (Å²) in [7, 11) is -1.17. The van der Waals surface area contributed by atoms with Crippen LogP contribution in [-0.2, 0) is 4.57 Å². The van der Waals surface area contributed by atoms with Crippen molar-refractivity contribution in [1.82, 2.24) is 0 Å². The van der Waals surface area contributed by atoms with E-state index in [0.29, 0.717) is 0 Å². The number of hydrogen-bond acceptors (Lipinski definition) is 3. The molecule has 0 aromatic rings. The van der Waals surface area contributed by atoms with Crippen molar-refractivity contribution in [3.05, 3.63) is 10.1 Å². The molecule has 0 fully saturated rings. The van der Waals surface area contributed by atoms with Gasteiger partial charge in [-0.2, -0.15) is 4.89 Å². The Morgan fingerprint density at radius 1 is 1.62 bits per heavy atom. The van der Waals surface area contributed by atoms with Gasteiger partial charge in [-0.3, -0.25) is 0 Å². The summed E-state index contributed by atoms with van der Waals surface area (Å²) in [6, 6.07) is 0. The van der Waals surface area contributed by atoms with Crippen molar-refractivity contribution in [3.8, 4) is 0 Å². The van der Waals surface area contributed by atoms with Crippen molar-refractivity contribution in [2.75, 3.05) is 0 Å². The van der Waals surface area contributed by atoms with E-state index in [9.17, 15) is 0 Å². The summed E-state index contributed by atoms with van der Waals surface area (Å²) in [5, 5.41) is 13.6. The fourth-order valence-electron chi connectivity index (χ4n) is 0. The maximum absolute atomic E-state index is 8.51. The Labute approximate surface area is 66.1 Å². The van der Waals surface area contributed by atoms with Gasteiger partial charge >= 0.3 is 8.69 Å². The van der Waals surface area contributed by atoms with E-state index in [1.54, 1.807) is 0 Å². The standard InChI is InChI=1S/HNO3.HO2P.Pb/c2-1(3)4;1-3-2;/h(H,2,3,4);3H;/p+1. The molecule has 0 amide bonds. The van der Waals surface area contributed by atoms with Crippen molar-refractivity contribution in [3.63, 3.8) is 0 Å². The van der Waals surface area contributed by atoms with Crippen molar-refractivity contribution >= 4 is 36.0 Å². The van der Waals surface area contributed by atoms with E-state index in [1.807, 2.05) is 0 Å². The zero-order valence-electron chi connectivity index (χ0n) is 3.57. The summed E-state index contributed by atoms with van der Waals surface area (Å²) < 4.78 is 8.51. The van der Waals surface area contributed by atoms with Crippen LogP contribution in [0.2, 0.25) is 0 Å². The van der Waals surface area contributed by atoms with Gasteiger partial charge in [-0.15, -0.1) is 10.1 Å². The summed E-state index contributed by atoms with van der Waals surface area (Å²) in [4.78, 5) is 15.4. The van der Waals surface area contributed by atoms with E-state index in [2.05, 4.69) is 0 Å². The number of rotatable bonds is 0. The third kappa shape index (κ3) is 5010. The molecule has 0 aliphatic carbocycles. The van der Waals surface area contributed by atoms with Gasteiger partial charge in [-0.05, 0) is 4.57 Å². The molecule has 0 saturated heterocycles. The van der Waals surface area contributed by atoms with Crippen LogP contribution < -0.4 is 0 Å². The molecule has 1 unspecified atom stereocenters. The zero-order valence-corrected chi connectivity index (χ0v) is 8.45. The van der Waals surface area contributed by atoms with Crippen LogP contribution in [0.5, 0.6) is 0 Å². The normalized spacial score (nSPS) is 5.62. The Hall–Kier alpha value is 0.182. The van der Waals surface area contributed by atoms with E-state index in [0.717, 1.165) is 0 Å². The fraction of sp³-hybridized carbons (Fsp3) is 0. The van der Waals surface area contributed by atoms with E-state index < -0.39 is 13.8 Å². The van der Waals surface area contributed by atoms with Crippen LogP contribution >= 0.6 is 8.69 Å². The first-order valence-corrected chi connectivity index (χ1v) is 1.85. The smallest absolute Gasteiger partial charge is 0.328 e. The topological polar surface area (TPSA) is 101 Å². The first-order valence-electron chi connectivity index (χ1n) is 0.993. The molecule has 0 heterocycles. The summed E-state index contributed by atoms with van der Waals surface area (Å²) in [6.07, 6.45) is 0. The molecule has 0 aromatic carbocycles. The van der Waals surface area contributed by atoms with Crippen LogP contribution in [-0.4, -0.2) is 42.5 Å². The molecule has 2 N–H and O–H groups in total. The molecule has 0 aliphatic heterocycles. The van der Waals surface area contributed by atoms with E-state index >= 15 is 0 Å². The third-order valence-corrected chi connectivity index (χ3v) is 0. The second-order valence-electron chi connectivity index (χ2n) is 0.329. The number of nitrogens with zero attached hydrogens (tertiary/aromatic N) is 1. The van der Waals surface area contributed by atoms with Crippen LogP contribution in [0.15, 0.2) is 0 Å². The molecule has 0 spiro atoms. The molecule has 1 atom stereocenters. The Kier molecular flexibility index (Phi) is 30.8. The summed E-state index contributed by atoms with van der Waals surface area (Å²) in [5.74, 6) is 0. The van der Waals surface area contributed by atoms with E-state index in [4.69, 9.17) is 24.8 Å². The molecule has 0 aromatic heterocycles. The second kappa shape index (κ2) is 15.7. The second-order valence-corrected chi connectivity index (χ2v) is 0.512. The van der Waals surface area contributed by atoms with Gasteiger partial charge in [0.05, 0.1) is 0 Å². The minimum absolute atomic E-state index is 0. The van der Waals surface area contributed by atoms with E-state index in [1.165, 1.54) is 0 Å². The van der Waals surface area contributed by atoms with Gasteiger partial charge in [0.15, 0.2) is 0 Å². The average Bonchev–Trinajstić information content (AvgIpc) is 1.33. The van der Waals surface area contributed by atoms with Gasteiger partial charge in [0.2, 0.25) is 0 Å². The SMILES string of the molecule is O=[N+]([O-])O.O=[PH+]O.[Pb]. The monoisotopic (exact) mass is 336 g/mol. The third-order valence-electron chi connectivity index (χ3n) is 0. The van der Waals surface area contributed by atoms with Crippen molar-refractivity contribution in [1.29, 1.82) is 0 Å². The molecular formula is H3NO5PPb+. The zero-order chi connectivity index (χ0) is 6.28. The van der Waals surface area contributed by atoms with Gasteiger partial charge in [0.1, 0.15) is 0 Å².